The molecule has 0 aliphatic rings. The van der Waals surface area contributed by atoms with E-state index in [1.165, 1.54) is 5.56 Å². The first-order valence-electron chi connectivity index (χ1n) is 8.66. The maximum Gasteiger partial charge on any atom is 0.123 e. The molecule has 0 aromatic heterocycles. The number of thiocarbonyl (C=S) groups is 1. The Labute approximate surface area is 152 Å². The predicted octanol–water partition coefficient (Wildman–Crippen LogP) is 5.35. The molecule has 3 nitrogen and oxygen atoms in total. The van der Waals surface area contributed by atoms with Crippen molar-refractivity contribution in [2.75, 3.05) is 7.05 Å². The number of phenolic OH excluding ortho intramolecular Hbond substituents is 1. The summed E-state index contributed by atoms with van der Waals surface area (Å²) in [6.07, 6.45) is 3.62. The molecule has 0 aliphatic heterocycles. The maximum atomic E-state index is 10.7. The van der Waals surface area contributed by atoms with E-state index < -0.39 is 0 Å². The summed E-state index contributed by atoms with van der Waals surface area (Å²) in [4.78, 5) is 0.575. The number of rotatable bonds is 5. The van der Waals surface area contributed by atoms with Crippen molar-refractivity contribution in [3.8, 4) is 5.75 Å². The Morgan fingerprint density at radius 1 is 1.00 bits per heavy atom. The van der Waals surface area contributed by atoms with Gasteiger partial charge in [0, 0.05) is 13.5 Å². The van der Waals surface area contributed by atoms with E-state index in [-0.39, 0.29) is 10.8 Å². The van der Waals surface area contributed by atoms with Crippen molar-refractivity contribution in [3.05, 3.63) is 28.8 Å². The fraction of sp³-hybridized carbons (Fsp3) is 0.650. The number of unbranched alkanes of at least 4 members (excludes halogenated alkanes) is 1. The van der Waals surface area contributed by atoms with Gasteiger partial charge in [-0.1, -0.05) is 65.9 Å². The summed E-state index contributed by atoms with van der Waals surface area (Å²) in [5.41, 5.74) is 3.08. The molecule has 2 N–H and O–H groups in total. The molecule has 0 saturated carbocycles. The van der Waals surface area contributed by atoms with Crippen molar-refractivity contribution in [1.82, 2.24) is 5.06 Å². The molecule has 24 heavy (non-hydrogen) atoms. The quantitative estimate of drug-likeness (QED) is 0.426. The minimum atomic E-state index is -0.0960. The van der Waals surface area contributed by atoms with E-state index in [0.717, 1.165) is 41.9 Å². The Kier molecular flexibility index (Phi) is 6.83. The number of aryl methyl sites for hydroxylation is 1. The fourth-order valence-corrected chi connectivity index (χ4v) is 2.89. The first-order chi connectivity index (χ1) is 10.8. The van der Waals surface area contributed by atoms with Crippen LogP contribution >= 0.6 is 12.2 Å². The number of benzene rings is 1. The normalized spacial score (nSPS) is 12.3. The maximum absolute atomic E-state index is 10.7. The summed E-state index contributed by atoms with van der Waals surface area (Å²) >= 11 is 5.11. The fourth-order valence-electron chi connectivity index (χ4n) is 2.75. The average Bonchev–Trinajstić information content (AvgIpc) is 2.41. The van der Waals surface area contributed by atoms with Crippen LogP contribution in [0.25, 0.3) is 0 Å². The molecule has 0 unspecified atom stereocenters. The zero-order chi connectivity index (χ0) is 18.7. The van der Waals surface area contributed by atoms with Crippen molar-refractivity contribution >= 4 is 17.2 Å². The molecule has 1 aromatic rings. The molecule has 4 heteroatoms. The Balaban J connectivity index is 2.97. The first-order valence-corrected chi connectivity index (χ1v) is 9.07. The highest BCUT2D eigenvalue weighted by molar-refractivity contribution is 7.80. The third-order valence-electron chi connectivity index (χ3n) is 4.25. The van der Waals surface area contributed by atoms with E-state index in [0.29, 0.717) is 10.7 Å². The van der Waals surface area contributed by atoms with Crippen LogP contribution in [0.5, 0.6) is 5.75 Å². The Hall–Kier alpha value is -1.13. The zero-order valence-corrected chi connectivity index (χ0v) is 17.0. The van der Waals surface area contributed by atoms with Crippen LogP contribution in [0.2, 0.25) is 0 Å². The van der Waals surface area contributed by atoms with Gasteiger partial charge in [0.1, 0.15) is 10.7 Å². The van der Waals surface area contributed by atoms with Crippen LogP contribution in [0, 0.1) is 0 Å². The second-order valence-corrected chi connectivity index (χ2v) is 9.14. The van der Waals surface area contributed by atoms with Gasteiger partial charge in [-0.15, -0.1) is 0 Å². The SMILES string of the molecule is CN(O)C(=S)CCCCc1cc(C(C)(C)C)c(O)c(C(C)(C)C)c1. The number of phenols is 1. The summed E-state index contributed by atoms with van der Waals surface area (Å²) in [5, 5.41) is 21.0. The molecule has 0 bridgehead atoms. The third kappa shape index (κ3) is 5.75. The summed E-state index contributed by atoms with van der Waals surface area (Å²) in [6.45, 7) is 12.8. The van der Waals surface area contributed by atoms with Gasteiger partial charge in [-0.25, -0.2) is 0 Å². The molecular weight excluding hydrogens is 318 g/mol. The van der Waals surface area contributed by atoms with Gasteiger partial charge in [-0.2, -0.15) is 0 Å². The zero-order valence-electron chi connectivity index (χ0n) is 16.2. The Morgan fingerprint density at radius 3 is 1.83 bits per heavy atom. The van der Waals surface area contributed by atoms with Crippen LogP contribution in [0.3, 0.4) is 0 Å². The number of aromatic hydroxyl groups is 1. The van der Waals surface area contributed by atoms with Crippen LogP contribution in [-0.2, 0) is 17.3 Å². The van der Waals surface area contributed by atoms with Crippen molar-refractivity contribution < 1.29 is 10.3 Å². The lowest BCUT2D eigenvalue weighted by Gasteiger charge is -2.28. The van der Waals surface area contributed by atoms with Gasteiger partial charge in [-0.3, -0.25) is 10.3 Å². The topological polar surface area (TPSA) is 43.7 Å². The highest BCUT2D eigenvalue weighted by Crippen LogP contribution is 2.40. The van der Waals surface area contributed by atoms with Gasteiger partial charge in [0.2, 0.25) is 0 Å². The number of hydrogen-bond acceptors (Lipinski definition) is 3. The van der Waals surface area contributed by atoms with E-state index in [2.05, 4.69) is 53.7 Å². The highest BCUT2D eigenvalue weighted by Gasteiger charge is 2.26. The van der Waals surface area contributed by atoms with Gasteiger partial charge < -0.3 is 5.11 Å². The minimum Gasteiger partial charge on any atom is -0.507 e. The van der Waals surface area contributed by atoms with Crippen LogP contribution in [0.4, 0.5) is 0 Å². The van der Waals surface area contributed by atoms with Crippen molar-refractivity contribution in [2.45, 2.75) is 78.1 Å². The van der Waals surface area contributed by atoms with Gasteiger partial charge in [0.15, 0.2) is 0 Å². The molecule has 136 valence electrons. The van der Waals surface area contributed by atoms with E-state index in [4.69, 9.17) is 12.2 Å². The molecule has 1 aromatic carbocycles. The highest BCUT2D eigenvalue weighted by atomic mass is 32.1. The van der Waals surface area contributed by atoms with Gasteiger partial charge in [0.25, 0.3) is 0 Å². The lowest BCUT2D eigenvalue weighted by molar-refractivity contribution is 0.0142. The minimum absolute atomic E-state index is 0.0960. The number of hydroxylamine groups is 2. The molecular formula is C20H33NO2S. The third-order valence-corrected chi connectivity index (χ3v) is 4.72. The standard InChI is InChI=1S/C20H33NO2S/c1-19(2,3)15-12-14(10-8-9-11-17(24)21(7)23)13-16(18(15)22)20(4,5)6/h12-13,22-23H,8-11H2,1-7H3. The second kappa shape index (κ2) is 7.83. The summed E-state index contributed by atoms with van der Waals surface area (Å²) in [5.74, 6) is 0.432. The molecule has 0 atom stereocenters. The van der Waals surface area contributed by atoms with Crippen LogP contribution < -0.4 is 0 Å². The molecule has 0 amide bonds. The van der Waals surface area contributed by atoms with E-state index in [1.807, 2.05) is 0 Å². The van der Waals surface area contributed by atoms with Crippen LogP contribution in [0.15, 0.2) is 12.1 Å². The van der Waals surface area contributed by atoms with Crippen molar-refractivity contribution in [1.29, 1.82) is 0 Å². The lowest BCUT2D eigenvalue weighted by atomic mass is 9.78. The average molecular weight is 352 g/mol. The molecule has 0 aliphatic carbocycles. The molecule has 0 fully saturated rings. The van der Waals surface area contributed by atoms with Crippen molar-refractivity contribution in [3.63, 3.8) is 0 Å². The van der Waals surface area contributed by atoms with Gasteiger partial charge >= 0.3 is 0 Å². The lowest BCUT2D eigenvalue weighted by Crippen LogP contribution is -2.20. The molecule has 0 heterocycles. The first kappa shape index (κ1) is 20.9. The second-order valence-electron chi connectivity index (χ2n) is 8.66. The monoisotopic (exact) mass is 351 g/mol. The van der Waals surface area contributed by atoms with Gasteiger partial charge in [-0.05, 0) is 46.8 Å². The molecule has 0 spiro atoms. The smallest absolute Gasteiger partial charge is 0.123 e. The summed E-state index contributed by atoms with van der Waals surface area (Å²) < 4.78 is 0. The Bertz CT molecular complexity index is 545. The Morgan fingerprint density at radius 2 is 1.46 bits per heavy atom. The van der Waals surface area contributed by atoms with Crippen LogP contribution in [0.1, 0.15) is 77.5 Å². The largest absolute Gasteiger partial charge is 0.507 e. The number of nitrogens with zero attached hydrogens (tertiary/aromatic N) is 1. The number of hydrogen-bond donors (Lipinski definition) is 2. The molecule has 0 saturated heterocycles. The summed E-state index contributed by atoms with van der Waals surface area (Å²) in [7, 11) is 1.56. The van der Waals surface area contributed by atoms with E-state index in [9.17, 15) is 10.3 Å². The molecule has 1 rings (SSSR count). The summed E-state index contributed by atoms with van der Waals surface area (Å²) in [6, 6.07) is 4.28. The van der Waals surface area contributed by atoms with E-state index >= 15 is 0 Å². The predicted molar refractivity (Wildman–Crippen MR) is 105 cm³/mol. The molecule has 0 radical (unpaired) electrons. The van der Waals surface area contributed by atoms with Gasteiger partial charge in [0.05, 0.1) is 0 Å². The van der Waals surface area contributed by atoms with E-state index in [1.54, 1.807) is 7.05 Å². The van der Waals surface area contributed by atoms with Crippen molar-refractivity contribution in [2.24, 2.45) is 0 Å². The van der Waals surface area contributed by atoms with Crippen LogP contribution in [-0.4, -0.2) is 27.4 Å².